The Balaban J connectivity index is 2.83. The van der Waals surface area contributed by atoms with E-state index in [4.69, 9.17) is 10.8 Å². The van der Waals surface area contributed by atoms with E-state index in [0.717, 1.165) is 12.5 Å². The van der Waals surface area contributed by atoms with Crippen molar-refractivity contribution >= 4 is 0 Å². The zero-order chi connectivity index (χ0) is 5.70. The highest BCUT2D eigenvalue weighted by atomic mass is 16.3. The van der Waals surface area contributed by atoms with Gasteiger partial charge in [-0.2, -0.15) is 0 Å². The van der Waals surface area contributed by atoms with E-state index >= 15 is 0 Å². The van der Waals surface area contributed by atoms with E-state index in [-0.39, 0.29) is 6.61 Å². The van der Waals surface area contributed by atoms with Crippen LogP contribution in [-0.4, -0.2) is 11.7 Å². The third-order valence-corrected chi connectivity index (χ3v) is 0.887. The maximum atomic E-state index is 8.27. The van der Waals surface area contributed by atoms with Crippen molar-refractivity contribution < 1.29 is 5.11 Å². The van der Waals surface area contributed by atoms with Crippen molar-refractivity contribution in [1.82, 2.24) is 0 Å². The van der Waals surface area contributed by atoms with Gasteiger partial charge in [0, 0.05) is 12.6 Å². The second kappa shape index (κ2) is 4.09. The van der Waals surface area contributed by atoms with Crippen LogP contribution in [0.3, 0.4) is 0 Å². The first-order valence-electron chi connectivity index (χ1n) is 2.52. The molecule has 43 valence electrons. The summed E-state index contributed by atoms with van der Waals surface area (Å²) in [7, 11) is 0. The average molecular weight is 102 g/mol. The number of hydrogen-bond acceptors (Lipinski definition) is 2. The molecular weight excluding hydrogens is 90.1 g/mol. The van der Waals surface area contributed by atoms with E-state index in [2.05, 4.69) is 0 Å². The van der Waals surface area contributed by atoms with Gasteiger partial charge in [-0.05, 0) is 12.8 Å². The van der Waals surface area contributed by atoms with Gasteiger partial charge in [0.05, 0.1) is 0 Å². The van der Waals surface area contributed by atoms with Crippen molar-refractivity contribution in [1.29, 1.82) is 0 Å². The number of nitrogens with two attached hydrogens (primary N) is 1. The average Bonchev–Trinajstić information content (AvgIpc) is 1.68. The SMILES string of the molecule is CC[C](N)CCO. The minimum atomic E-state index is 0.180. The van der Waals surface area contributed by atoms with Crippen LogP contribution in [0.1, 0.15) is 19.8 Å². The summed E-state index contributed by atoms with van der Waals surface area (Å²) in [4.78, 5) is 0. The topological polar surface area (TPSA) is 46.2 Å². The zero-order valence-corrected chi connectivity index (χ0v) is 4.65. The Morgan fingerprint density at radius 1 is 1.71 bits per heavy atom. The van der Waals surface area contributed by atoms with Crippen LogP contribution >= 0.6 is 0 Å². The quantitative estimate of drug-likeness (QED) is 0.537. The fraction of sp³-hybridized carbons (Fsp3) is 0.800. The molecule has 0 heterocycles. The molecule has 0 aromatic carbocycles. The van der Waals surface area contributed by atoms with Gasteiger partial charge in [0.25, 0.3) is 0 Å². The summed E-state index contributed by atoms with van der Waals surface area (Å²) in [6.07, 6.45) is 1.52. The lowest BCUT2D eigenvalue weighted by Gasteiger charge is -2.01. The zero-order valence-electron chi connectivity index (χ0n) is 4.65. The van der Waals surface area contributed by atoms with E-state index in [1.54, 1.807) is 0 Å². The standard InChI is InChI=1S/C5H12NO/c1-2-5(6)3-4-7/h7H,2-4,6H2,1H3. The third kappa shape index (κ3) is 3.76. The Morgan fingerprint density at radius 3 is 2.43 bits per heavy atom. The second-order valence-corrected chi connectivity index (χ2v) is 1.49. The molecule has 0 aromatic heterocycles. The lowest BCUT2D eigenvalue weighted by molar-refractivity contribution is 0.289. The van der Waals surface area contributed by atoms with Gasteiger partial charge in [0.2, 0.25) is 0 Å². The van der Waals surface area contributed by atoms with Gasteiger partial charge in [-0.15, -0.1) is 0 Å². The van der Waals surface area contributed by atoms with Crippen LogP contribution in [0.2, 0.25) is 0 Å². The summed E-state index contributed by atoms with van der Waals surface area (Å²) < 4.78 is 0. The minimum absolute atomic E-state index is 0.180. The highest BCUT2D eigenvalue weighted by Crippen LogP contribution is 1.98. The van der Waals surface area contributed by atoms with Crippen molar-refractivity contribution in [2.24, 2.45) is 5.73 Å². The molecule has 0 aliphatic heterocycles. The lowest BCUT2D eigenvalue weighted by Crippen LogP contribution is -2.09. The van der Waals surface area contributed by atoms with Crippen molar-refractivity contribution in [3.63, 3.8) is 0 Å². The van der Waals surface area contributed by atoms with E-state index < -0.39 is 0 Å². The predicted octanol–water partition coefficient (Wildman–Crippen LogP) is 0.269. The van der Waals surface area contributed by atoms with Crippen LogP contribution in [0.5, 0.6) is 0 Å². The molecule has 0 aliphatic rings. The largest absolute Gasteiger partial charge is 0.396 e. The molecule has 7 heavy (non-hydrogen) atoms. The van der Waals surface area contributed by atoms with Gasteiger partial charge in [0.1, 0.15) is 0 Å². The van der Waals surface area contributed by atoms with Gasteiger partial charge in [-0.3, -0.25) is 0 Å². The molecule has 0 amide bonds. The Hall–Kier alpha value is -0.0800. The highest BCUT2D eigenvalue weighted by molar-refractivity contribution is 4.78. The predicted molar refractivity (Wildman–Crippen MR) is 29.4 cm³/mol. The van der Waals surface area contributed by atoms with E-state index in [1.165, 1.54) is 0 Å². The molecule has 0 rings (SSSR count). The summed E-state index contributed by atoms with van der Waals surface area (Å²) in [5, 5.41) is 8.27. The Labute approximate surface area is 44.3 Å². The lowest BCUT2D eigenvalue weighted by atomic mass is 10.2. The van der Waals surface area contributed by atoms with Gasteiger partial charge in [-0.25, -0.2) is 0 Å². The van der Waals surface area contributed by atoms with Crippen molar-refractivity contribution in [3.05, 3.63) is 6.04 Å². The molecule has 0 fully saturated rings. The highest BCUT2D eigenvalue weighted by Gasteiger charge is 1.94. The van der Waals surface area contributed by atoms with Crippen LogP contribution < -0.4 is 5.73 Å². The number of rotatable bonds is 3. The fourth-order valence-electron chi connectivity index (χ4n) is 0.320. The summed E-state index contributed by atoms with van der Waals surface area (Å²) >= 11 is 0. The molecule has 0 aromatic rings. The smallest absolute Gasteiger partial charge is 0.0449 e. The summed E-state index contributed by atoms with van der Waals surface area (Å²) in [6.45, 7) is 2.16. The van der Waals surface area contributed by atoms with Gasteiger partial charge >= 0.3 is 0 Å². The van der Waals surface area contributed by atoms with E-state index in [9.17, 15) is 0 Å². The third-order valence-electron chi connectivity index (χ3n) is 0.887. The molecule has 0 unspecified atom stereocenters. The Kier molecular flexibility index (Phi) is 4.04. The molecule has 0 saturated carbocycles. The van der Waals surface area contributed by atoms with Crippen LogP contribution in [0, 0.1) is 6.04 Å². The Morgan fingerprint density at radius 2 is 2.29 bits per heavy atom. The minimum Gasteiger partial charge on any atom is -0.396 e. The maximum absolute atomic E-state index is 8.27. The molecule has 0 aliphatic carbocycles. The monoisotopic (exact) mass is 102 g/mol. The van der Waals surface area contributed by atoms with Gasteiger partial charge < -0.3 is 10.8 Å². The molecule has 1 radical (unpaired) electrons. The molecule has 0 atom stereocenters. The van der Waals surface area contributed by atoms with Gasteiger partial charge in [-0.1, -0.05) is 6.92 Å². The molecule has 0 spiro atoms. The van der Waals surface area contributed by atoms with E-state index in [1.807, 2.05) is 6.92 Å². The number of aliphatic hydroxyl groups excluding tert-OH is 1. The first kappa shape index (κ1) is 6.92. The normalized spacial score (nSPS) is 10.3. The van der Waals surface area contributed by atoms with E-state index in [0.29, 0.717) is 6.42 Å². The maximum Gasteiger partial charge on any atom is 0.0449 e. The first-order chi connectivity index (χ1) is 3.31. The van der Waals surface area contributed by atoms with Crippen molar-refractivity contribution in [2.45, 2.75) is 19.8 Å². The van der Waals surface area contributed by atoms with Crippen LogP contribution in [0.25, 0.3) is 0 Å². The van der Waals surface area contributed by atoms with Crippen molar-refractivity contribution in [2.75, 3.05) is 6.61 Å². The van der Waals surface area contributed by atoms with Gasteiger partial charge in [0.15, 0.2) is 0 Å². The summed E-state index contributed by atoms with van der Waals surface area (Å²) in [5.74, 6) is 0. The van der Waals surface area contributed by atoms with Crippen LogP contribution in [0.15, 0.2) is 0 Å². The number of hydrogen-bond donors (Lipinski definition) is 2. The Bertz CT molecular complexity index is 39.1. The van der Waals surface area contributed by atoms with Crippen LogP contribution in [0.4, 0.5) is 0 Å². The molecule has 3 N–H and O–H groups in total. The number of aliphatic hydroxyl groups is 1. The second-order valence-electron chi connectivity index (χ2n) is 1.49. The molecule has 0 bridgehead atoms. The summed E-state index contributed by atoms with van der Waals surface area (Å²) in [5.41, 5.74) is 5.34. The molecule has 2 nitrogen and oxygen atoms in total. The fourth-order valence-corrected chi connectivity index (χ4v) is 0.320. The molecule has 0 saturated heterocycles. The molecule has 2 heteroatoms. The van der Waals surface area contributed by atoms with Crippen molar-refractivity contribution in [3.8, 4) is 0 Å². The summed E-state index contributed by atoms with van der Waals surface area (Å²) in [6, 6.07) is 0.877. The van der Waals surface area contributed by atoms with Crippen LogP contribution in [-0.2, 0) is 0 Å². The molecular formula is C5H12NO. The first-order valence-corrected chi connectivity index (χ1v) is 2.52.